The highest BCUT2D eigenvalue weighted by molar-refractivity contribution is 5.93. The summed E-state index contributed by atoms with van der Waals surface area (Å²) in [5.41, 5.74) is 1.65. The standard InChI is InChI=1S/C19H19NO7/c1-26-15-7-3-6-14(10-15)20-19(25)27-11-13-5-2-4-12(8-13)9-16(17(21)22)18(23)24/h2-8,10,16H,9,11H2,1H3,(H,20,25)(H,21,22)(H,23,24). The molecule has 2 aromatic rings. The Kier molecular flexibility index (Phi) is 6.76. The number of anilines is 1. The van der Waals surface area contributed by atoms with Gasteiger partial charge in [-0.3, -0.25) is 14.9 Å². The molecule has 0 spiro atoms. The third-order valence-corrected chi connectivity index (χ3v) is 3.71. The molecule has 8 heteroatoms. The maximum atomic E-state index is 11.9. The molecule has 0 aromatic heterocycles. The summed E-state index contributed by atoms with van der Waals surface area (Å²) in [4.78, 5) is 33.9. The first kappa shape index (κ1) is 19.8. The Balaban J connectivity index is 1.94. The van der Waals surface area contributed by atoms with Gasteiger partial charge < -0.3 is 19.7 Å². The number of carbonyl (C=O) groups excluding carboxylic acids is 1. The largest absolute Gasteiger partial charge is 0.497 e. The van der Waals surface area contributed by atoms with Gasteiger partial charge in [0.25, 0.3) is 0 Å². The zero-order valence-corrected chi connectivity index (χ0v) is 14.5. The Labute approximate surface area is 155 Å². The quantitative estimate of drug-likeness (QED) is 0.608. The summed E-state index contributed by atoms with van der Waals surface area (Å²) < 4.78 is 10.2. The zero-order valence-electron chi connectivity index (χ0n) is 14.5. The summed E-state index contributed by atoms with van der Waals surface area (Å²) >= 11 is 0. The molecule has 0 radical (unpaired) electrons. The monoisotopic (exact) mass is 373 g/mol. The van der Waals surface area contributed by atoms with Gasteiger partial charge in [0.2, 0.25) is 0 Å². The first-order valence-electron chi connectivity index (χ1n) is 8.00. The van der Waals surface area contributed by atoms with Crippen LogP contribution in [0.3, 0.4) is 0 Å². The van der Waals surface area contributed by atoms with E-state index in [-0.39, 0.29) is 13.0 Å². The van der Waals surface area contributed by atoms with Crippen LogP contribution in [-0.2, 0) is 27.4 Å². The summed E-state index contributed by atoms with van der Waals surface area (Å²) in [6.07, 6.45) is -0.822. The average molecular weight is 373 g/mol. The van der Waals surface area contributed by atoms with Crippen molar-refractivity contribution in [3.05, 3.63) is 59.7 Å². The van der Waals surface area contributed by atoms with Gasteiger partial charge in [0.15, 0.2) is 5.92 Å². The number of ether oxygens (including phenoxy) is 2. The average Bonchev–Trinajstić information content (AvgIpc) is 2.64. The summed E-state index contributed by atoms with van der Waals surface area (Å²) in [7, 11) is 1.52. The smallest absolute Gasteiger partial charge is 0.411 e. The fraction of sp³-hybridized carbons (Fsp3) is 0.211. The van der Waals surface area contributed by atoms with Crippen LogP contribution in [-0.4, -0.2) is 35.4 Å². The third kappa shape index (κ3) is 6.03. The summed E-state index contributed by atoms with van der Waals surface area (Å²) in [5, 5.41) is 20.5. The lowest BCUT2D eigenvalue weighted by atomic mass is 9.98. The van der Waals surface area contributed by atoms with Crippen molar-refractivity contribution < 1.29 is 34.1 Å². The van der Waals surface area contributed by atoms with E-state index in [1.807, 2.05) is 0 Å². The maximum Gasteiger partial charge on any atom is 0.411 e. The second kappa shape index (κ2) is 9.23. The number of nitrogens with one attached hydrogen (secondary N) is 1. The molecule has 2 rings (SSSR count). The Hall–Kier alpha value is -3.55. The zero-order chi connectivity index (χ0) is 19.8. The van der Waals surface area contributed by atoms with Gasteiger partial charge in [-0.15, -0.1) is 0 Å². The molecule has 27 heavy (non-hydrogen) atoms. The van der Waals surface area contributed by atoms with Gasteiger partial charge in [-0.1, -0.05) is 30.3 Å². The molecule has 0 aliphatic rings. The molecular formula is C19H19NO7. The molecule has 3 N–H and O–H groups in total. The first-order chi connectivity index (χ1) is 12.9. The third-order valence-electron chi connectivity index (χ3n) is 3.71. The van der Waals surface area contributed by atoms with Crippen LogP contribution >= 0.6 is 0 Å². The van der Waals surface area contributed by atoms with Gasteiger partial charge in [0.05, 0.1) is 7.11 Å². The summed E-state index contributed by atoms with van der Waals surface area (Å²) in [5.74, 6) is -3.74. The van der Waals surface area contributed by atoms with Crippen LogP contribution in [0.15, 0.2) is 48.5 Å². The van der Waals surface area contributed by atoms with E-state index in [9.17, 15) is 14.4 Å². The lowest BCUT2D eigenvalue weighted by Gasteiger charge is -2.10. The molecule has 0 aliphatic carbocycles. The Morgan fingerprint density at radius 2 is 1.67 bits per heavy atom. The van der Waals surface area contributed by atoms with E-state index in [1.165, 1.54) is 7.11 Å². The van der Waals surface area contributed by atoms with Gasteiger partial charge in [0, 0.05) is 11.8 Å². The van der Waals surface area contributed by atoms with E-state index in [4.69, 9.17) is 19.7 Å². The van der Waals surface area contributed by atoms with Crippen LogP contribution in [0.25, 0.3) is 0 Å². The van der Waals surface area contributed by atoms with Gasteiger partial charge >= 0.3 is 18.0 Å². The van der Waals surface area contributed by atoms with Gasteiger partial charge in [-0.2, -0.15) is 0 Å². The lowest BCUT2D eigenvalue weighted by molar-refractivity contribution is -0.154. The summed E-state index contributed by atoms with van der Waals surface area (Å²) in [6, 6.07) is 13.4. The number of carboxylic acid groups (broad SMARTS) is 2. The Bertz CT molecular complexity index is 820. The van der Waals surface area contributed by atoms with Crippen molar-refractivity contribution in [1.82, 2.24) is 0 Å². The number of benzene rings is 2. The van der Waals surface area contributed by atoms with Crippen molar-refractivity contribution in [3.8, 4) is 5.75 Å². The van der Waals surface area contributed by atoms with Gasteiger partial charge in [-0.05, 0) is 29.7 Å². The number of aliphatic carboxylic acids is 2. The molecule has 0 bridgehead atoms. The van der Waals surface area contributed by atoms with Crippen LogP contribution in [0.4, 0.5) is 10.5 Å². The van der Waals surface area contributed by atoms with Crippen molar-refractivity contribution in [3.63, 3.8) is 0 Å². The molecular weight excluding hydrogens is 354 g/mol. The molecule has 2 aromatic carbocycles. The molecule has 0 atom stereocenters. The van der Waals surface area contributed by atoms with E-state index >= 15 is 0 Å². The number of hydrogen-bond acceptors (Lipinski definition) is 5. The maximum absolute atomic E-state index is 11.9. The van der Waals surface area contributed by atoms with Crippen molar-refractivity contribution in [2.45, 2.75) is 13.0 Å². The van der Waals surface area contributed by atoms with E-state index in [0.29, 0.717) is 22.6 Å². The molecule has 8 nitrogen and oxygen atoms in total. The van der Waals surface area contributed by atoms with Crippen LogP contribution in [0.1, 0.15) is 11.1 Å². The molecule has 0 saturated heterocycles. The molecule has 0 saturated carbocycles. The number of carbonyl (C=O) groups is 3. The predicted molar refractivity (Wildman–Crippen MR) is 95.7 cm³/mol. The number of methoxy groups -OCH3 is 1. The predicted octanol–water partition coefficient (Wildman–Crippen LogP) is 2.77. The Morgan fingerprint density at radius 3 is 2.33 bits per heavy atom. The normalized spacial score (nSPS) is 10.3. The minimum Gasteiger partial charge on any atom is -0.497 e. The highest BCUT2D eigenvalue weighted by atomic mass is 16.5. The minimum absolute atomic E-state index is 0.0472. The molecule has 1 amide bonds. The molecule has 0 heterocycles. The minimum atomic E-state index is -1.53. The van der Waals surface area contributed by atoms with Crippen LogP contribution < -0.4 is 10.1 Å². The van der Waals surface area contributed by atoms with Crippen molar-refractivity contribution >= 4 is 23.7 Å². The van der Waals surface area contributed by atoms with Gasteiger partial charge in [0.1, 0.15) is 12.4 Å². The van der Waals surface area contributed by atoms with Crippen molar-refractivity contribution in [2.24, 2.45) is 5.92 Å². The second-order valence-corrected chi connectivity index (χ2v) is 5.69. The van der Waals surface area contributed by atoms with Gasteiger partial charge in [-0.25, -0.2) is 4.79 Å². The van der Waals surface area contributed by atoms with Crippen LogP contribution in [0, 0.1) is 5.92 Å². The lowest BCUT2D eigenvalue weighted by Crippen LogP contribution is -2.25. The van der Waals surface area contributed by atoms with E-state index in [1.54, 1.807) is 48.5 Å². The SMILES string of the molecule is COc1cccc(NC(=O)OCc2cccc(CC(C(=O)O)C(=O)O)c2)c1. The molecule has 142 valence electrons. The molecule has 0 unspecified atom stereocenters. The molecule has 0 fully saturated rings. The van der Waals surface area contributed by atoms with E-state index in [0.717, 1.165) is 0 Å². The number of amides is 1. The number of carboxylic acids is 2. The van der Waals surface area contributed by atoms with Crippen molar-refractivity contribution in [2.75, 3.05) is 12.4 Å². The van der Waals surface area contributed by atoms with Crippen LogP contribution in [0.2, 0.25) is 0 Å². The van der Waals surface area contributed by atoms with Crippen LogP contribution in [0.5, 0.6) is 5.75 Å². The fourth-order valence-electron chi connectivity index (χ4n) is 2.37. The highest BCUT2D eigenvalue weighted by Gasteiger charge is 2.25. The fourth-order valence-corrected chi connectivity index (χ4v) is 2.37. The van der Waals surface area contributed by atoms with Crippen molar-refractivity contribution in [1.29, 1.82) is 0 Å². The second-order valence-electron chi connectivity index (χ2n) is 5.69. The summed E-state index contributed by atoms with van der Waals surface area (Å²) in [6.45, 7) is -0.0472. The van der Waals surface area contributed by atoms with E-state index < -0.39 is 23.9 Å². The number of rotatable bonds is 8. The Morgan fingerprint density at radius 1 is 1.00 bits per heavy atom. The van der Waals surface area contributed by atoms with E-state index in [2.05, 4.69) is 5.32 Å². The first-order valence-corrected chi connectivity index (χ1v) is 8.00. The highest BCUT2D eigenvalue weighted by Crippen LogP contribution is 2.17. The topological polar surface area (TPSA) is 122 Å². The molecule has 0 aliphatic heterocycles. The number of hydrogen-bond donors (Lipinski definition) is 3.